The molecule has 0 unspecified atom stereocenters. The van der Waals surface area contributed by atoms with Crippen LogP contribution in [-0.2, 0) is 5.41 Å². The molecule has 0 saturated heterocycles. The fourth-order valence-corrected chi connectivity index (χ4v) is 5.30. The normalized spacial score (nSPS) is 11.8. The van der Waals surface area contributed by atoms with Crippen LogP contribution in [0, 0.1) is 0 Å². The molecule has 0 bridgehead atoms. The van der Waals surface area contributed by atoms with E-state index in [4.69, 9.17) is 9.72 Å². The Morgan fingerprint density at radius 1 is 0.676 bits per heavy atom. The predicted molar refractivity (Wildman–Crippen MR) is 157 cm³/mol. The summed E-state index contributed by atoms with van der Waals surface area (Å²) in [6, 6.07) is 35.6. The number of rotatable bonds is 4. The molecule has 3 nitrogen and oxygen atoms in total. The highest BCUT2D eigenvalue weighted by Gasteiger charge is 2.18. The van der Waals surface area contributed by atoms with Gasteiger partial charge in [0.25, 0.3) is 0 Å². The third kappa shape index (κ3) is 4.54. The molecule has 182 valence electrons. The Balaban J connectivity index is 1.48. The van der Waals surface area contributed by atoms with Crippen molar-refractivity contribution < 1.29 is 4.74 Å². The molecule has 0 aliphatic rings. The molecule has 6 aromatic rings. The van der Waals surface area contributed by atoms with Crippen molar-refractivity contribution in [2.75, 3.05) is 0 Å². The number of nitrogens with zero attached hydrogens (tertiary/aromatic N) is 2. The number of para-hydroxylation sites is 1. The summed E-state index contributed by atoms with van der Waals surface area (Å²) in [5.41, 5.74) is 5.72. The number of hydrogen-bond donors (Lipinski definition) is 0. The summed E-state index contributed by atoms with van der Waals surface area (Å²) in [7, 11) is 0. The molecule has 2 aromatic heterocycles. The lowest BCUT2D eigenvalue weighted by Gasteiger charge is -2.20. The van der Waals surface area contributed by atoms with Gasteiger partial charge in [-0.2, -0.15) is 0 Å². The van der Waals surface area contributed by atoms with Crippen molar-refractivity contribution in [1.82, 2.24) is 9.55 Å². The van der Waals surface area contributed by atoms with E-state index in [0.29, 0.717) is 0 Å². The van der Waals surface area contributed by atoms with Gasteiger partial charge in [-0.1, -0.05) is 85.2 Å². The minimum absolute atomic E-state index is 0.0296. The van der Waals surface area contributed by atoms with Gasteiger partial charge in [0.15, 0.2) is 0 Å². The summed E-state index contributed by atoms with van der Waals surface area (Å²) in [5.74, 6) is 2.47. The first-order valence-corrected chi connectivity index (χ1v) is 13.2. The van der Waals surface area contributed by atoms with Gasteiger partial charge in [-0.3, -0.25) is 4.57 Å². The number of halogens is 1. The highest BCUT2D eigenvalue weighted by molar-refractivity contribution is 9.10. The van der Waals surface area contributed by atoms with E-state index in [2.05, 4.69) is 114 Å². The van der Waals surface area contributed by atoms with Gasteiger partial charge in [0.2, 0.25) is 0 Å². The van der Waals surface area contributed by atoms with Crippen LogP contribution in [0.2, 0.25) is 0 Å². The molecule has 0 atom stereocenters. The van der Waals surface area contributed by atoms with E-state index in [9.17, 15) is 0 Å². The minimum atomic E-state index is 0.0296. The Labute approximate surface area is 225 Å². The maximum atomic E-state index is 6.43. The van der Waals surface area contributed by atoms with Gasteiger partial charge >= 0.3 is 0 Å². The van der Waals surface area contributed by atoms with Gasteiger partial charge in [0, 0.05) is 27.5 Å². The molecule has 37 heavy (non-hydrogen) atoms. The number of benzene rings is 4. The van der Waals surface area contributed by atoms with Gasteiger partial charge in [-0.05, 0) is 70.6 Å². The van der Waals surface area contributed by atoms with Crippen LogP contribution in [-0.4, -0.2) is 9.55 Å². The second kappa shape index (κ2) is 9.20. The third-order valence-corrected chi connectivity index (χ3v) is 7.16. The van der Waals surface area contributed by atoms with Crippen LogP contribution in [0.4, 0.5) is 0 Å². The van der Waals surface area contributed by atoms with E-state index in [1.165, 1.54) is 16.3 Å². The van der Waals surface area contributed by atoms with Crippen molar-refractivity contribution in [3.8, 4) is 28.4 Å². The molecule has 4 heteroatoms. The lowest BCUT2D eigenvalue weighted by atomic mass is 9.88. The number of fused-ring (bicyclic) bond motifs is 3. The lowest BCUT2D eigenvalue weighted by Crippen LogP contribution is -2.12. The summed E-state index contributed by atoms with van der Waals surface area (Å²) in [4.78, 5) is 4.78. The number of hydrogen-bond acceptors (Lipinski definition) is 2. The molecule has 0 spiro atoms. The summed E-state index contributed by atoms with van der Waals surface area (Å²) in [6.45, 7) is 6.68. The van der Waals surface area contributed by atoms with Crippen molar-refractivity contribution >= 4 is 37.7 Å². The average molecular weight is 547 g/mol. The Morgan fingerprint density at radius 2 is 1.43 bits per heavy atom. The first-order chi connectivity index (χ1) is 17.9. The smallest absolute Gasteiger partial charge is 0.137 e. The monoisotopic (exact) mass is 546 g/mol. The number of aromatic nitrogens is 2. The second-order valence-electron chi connectivity index (χ2n) is 10.3. The molecule has 0 amide bonds. The van der Waals surface area contributed by atoms with Gasteiger partial charge in [0.1, 0.15) is 17.3 Å². The molecular formula is C33H27BrN2O. The zero-order chi connectivity index (χ0) is 25.6. The van der Waals surface area contributed by atoms with Gasteiger partial charge in [0.05, 0.1) is 11.0 Å². The molecule has 0 radical (unpaired) electrons. The number of ether oxygens (including phenoxy) is 1. The van der Waals surface area contributed by atoms with Crippen LogP contribution in [0.25, 0.3) is 38.8 Å². The Bertz CT molecular complexity index is 1750. The van der Waals surface area contributed by atoms with Gasteiger partial charge in [-0.15, -0.1) is 0 Å². The standard InChI is InChI=1S/C33H27BrN2O/c1-33(2,3)24-15-16-35-32(19-24)36-30-12-8-7-11-28(30)29-14-13-26(21-31(29)36)37-27-18-23(17-25(34)20-27)22-9-5-4-6-10-22/h4-21H,1-3H3. The van der Waals surface area contributed by atoms with E-state index >= 15 is 0 Å². The predicted octanol–water partition coefficient (Wildman–Crippen LogP) is 9.70. The number of pyridine rings is 1. The third-order valence-electron chi connectivity index (χ3n) is 6.70. The van der Waals surface area contributed by atoms with Crippen molar-refractivity contribution in [3.63, 3.8) is 0 Å². The Kier molecular flexibility index (Phi) is 5.85. The van der Waals surface area contributed by atoms with E-state index < -0.39 is 0 Å². The largest absolute Gasteiger partial charge is 0.457 e. The first-order valence-electron chi connectivity index (χ1n) is 12.4. The fraction of sp³-hybridized carbons (Fsp3) is 0.121. The SMILES string of the molecule is CC(C)(C)c1ccnc(-n2c3ccccc3c3ccc(Oc4cc(Br)cc(-c5ccccc5)c4)cc32)c1. The molecule has 4 aromatic carbocycles. The summed E-state index contributed by atoms with van der Waals surface area (Å²) < 4.78 is 9.64. The summed E-state index contributed by atoms with van der Waals surface area (Å²) >= 11 is 3.66. The molecule has 0 aliphatic carbocycles. The maximum Gasteiger partial charge on any atom is 0.137 e. The zero-order valence-corrected chi connectivity index (χ0v) is 22.7. The zero-order valence-electron chi connectivity index (χ0n) is 21.1. The van der Waals surface area contributed by atoms with Crippen LogP contribution in [0.1, 0.15) is 26.3 Å². The molecule has 6 rings (SSSR count). The molecule has 2 heterocycles. The molecule has 0 fully saturated rings. The second-order valence-corrected chi connectivity index (χ2v) is 11.2. The molecule has 0 N–H and O–H groups in total. The Hall–Kier alpha value is -3.89. The molecule has 0 saturated carbocycles. The van der Waals surface area contributed by atoms with E-state index in [-0.39, 0.29) is 5.41 Å². The lowest BCUT2D eigenvalue weighted by molar-refractivity contribution is 0.483. The quantitative estimate of drug-likeness (QED) is 0.220. The summed E-state index contributed by atoms with van der Waals surface area (Å²) in [5, 5.41) is 2.37. The Morgan fingerprint density at radius 3 is 2.24 bits per heavy atom. The van der Waals surface area contributed by atoms with Crippen LogP contribution in [0.5, 0.6) is 11.5 Å². The highest BCUT2D eigenvalue weighted by Crippen LogP contribution is 2.37. The molecular weight excluding hydrogens is 520 g/mol. The molecule has 0 aliphatic heterocycles. The van der Waals surface area contributed by atoms with Crippen molar-refractivity contribution in [2.24, 2.45) is 0 Å². The minimum Gasteiger partial charge on any atom is -0.457 e. The van der Waals surface area contributed by atoms with E-state index in [0.717, 1.165) is 43.9 Å². The van der Waals surface area contributed by atoms with E-state index in [1.807, 2.05) is 36.5 Å². The fourth-order valence-electron chi connectivity index (χ4n) is 4.82. The van der Waals surface area contributed by atoms with Crippen LogP contribution < -0.4 is 4.74 Å². The maximum absolute atomic E-state index is 6.43. The average Bonchev–Trinajstić information content (AvgIpc) is 3.22. The topological polar surface area (TPSA) is 27.1 Å². The van der Waals surface area contributed by atoms with Gasteiger partial charge in [-0.25, -0.2) is 4.98 Å². The highest BCUT2D eigenvalue weighted by atomic mass is 79.9. The van der Waals surface area contributed by atoms with Crippen LogP contribution >= 0.6 is 15.9 Å². The van der Waals surface area contributed by atoms with Crippen molar-refractivity contribution in [3.05, 3.63) is 119 Å². The van der Waals surface area contributed by atoms with Crippen LogP contribution in [0.15, 0.2) is 114 Å². The van der Waals surface area contributed by atoms with Gasteiger partial charge < -0.3 is 4.74 Å². The van der Waals surface area contributed by atoms with Crippen molar-refractivity contribution in [2.45, 2.75) is 26.2 Å². The van der Waals surface area contributed by atoms with Crippen LogP contribution in [0.3, 0.4) is 0 Å². The first kappa shape index (κ1) is 23.5. The van der Waals surface area contributed by atoms with Crippen molar-refractivity contribution in [1.29, 1.82) is 0 Å². The summed E-state index contributed by atoms with van der Waals surface area (Å²) in [6.07, 6.45) is 1.91. The van der Waals surface area contributed by atoms with E-state index in [1.54, 1.807) is 0 Å².